The van der Waals surface area contributed by atoms with Crippen molar-refractivity contribution in [3.8, 4) is 0 Å². The summed E-state index contributed by atoms with van der Waals surface area (Å²) in [4.78, 5) is 4.41. The number of nitrogens with two attached hydrogens (primary N) is 1. The molecule has 0 unspecified atom stereocenters. The Morgan fingerprint density at radius 3 is 3.06 bits per heavy atom. The molecule has 0 saturated carbocycles. The van der Waals surface area contributed by atoms with E-state index in [1.165, 1.54) is 0 Å². The predicted molar refractivity (Wildman–Crippen MR) is 77.2 cm³/mol. The lowest BCUT2D eigenvalue weighted by Crippen LogP contribution is -2.02. The van der Waals surface area contributed by atoms with Gasteiger partial charge in [-0.3, -0.25) is 4.98 Å². The molecule has 0 spiro atoms. The number of halogens is 1. The summed E-state index contributed by atoms with van der Waals surface area (Å²) in [5.74, 6) is 0. The lowest BCUT2D eigenvalue weighted by Gasteiger charge is -2.10. The summed E-state index contributed by atoms with van der Waals surface area (Å²) in [6.07, 6.45) is 4.58. The van der Waals surface area contributed by atoms with Crippen LogP contribution < -0.4 is 11.1 Å². The Morgan fingerprint density at radius 1 is 1.47 bits per heavy atom. The molecule has 1 heterocycles. The molecular formula is C13H14BrN3. The first-order chi connectivity index (χ1) is 8.22. The maximum absolute atomic E-state index is 5.94. The van der Waals surface area contributed by atoms with Crippen LogP contribution in [0, 0.1) is 0 Å². The second-order valence-corrected chi connectivity index (χ2v) is 4.67. The minimum absolute atomic E-state index is 0.739. The number of nitrogens with one attached hydrogen (secondary N) is 1. The third kappa shape index (κ3) is 2.58. The smallest absolute Gasteiger partial charge is 0.0954 e. The van der Waals surface area contributed by atoms with Crippen LogP contribution in [0.3, 0.4) is 0 Å². The van der Waals surface area contributed by atoms with Gasteiger partial charge in [0.2, 0.25) is 0 Å². The van der Waals surface area contributed by atoms with Crippen molar-refractivity contribution in [2.45, 2.75) is 6.42 Å². The van der Waals surface area contributed by atoms with E-state index >= 15 is 0 Å². The third-order valence-corrected chi connectivity index (χ3v) is 2.95. The monoisotopic (exact) mass is 291 g/mol. The molecule has 3 nitrogen and oxygen atoms in total. The highest BCUT2D eigenvalue weighted by molar-refractivity contribution is 9.10. The molecule has 88 valence electrons. The van der Waals surface area contributed by atoms with Crippen molar-refractivity contribution < 1.29 is 0 Å². The van der Waals surface area contributed by atoms with Gasteiger partial charge in [-0.2, -0.15) is 0 Å². The number of anilines is 2. The fourth-order valence-corrected chi connectivity index (χ4v) is 2.00. The van der Waals surface area contributed by atoms with Gasteiger partial charge in [-0.15, -0.1) is 6.58 Å². The Labute approximate surface area is 109 Å². The molecule has 0 aliphatic rings. The predicted octanol–water partition coefficient (Wildman–Crippen LogP) is 3.57. The van der Waals surface area contributed by atoms with Crippen molar-refractivity contribution in [2.24, 2.45) is 0 Å². The largest absolute Gasteiger partial charge is 0.398 e. The van der Waals surface area contributed by atoms with Crippen molar-refractivity contribution in [1.82, 2.24) is 4.98 Å². The number of hydrogen-bond acceptors (Lipinski definition) is 3. The van der Waals surface area contributed by atoms with Gasteiger partial charge in [0.05, 0.1) is 11.2 Å². The highest BCUT2D eigenvalue weighted by Crippen LogP contribution is 2.28. The first kappa shape index (κ1) is 11.9. The maximum Gasteiger partial charge on any atom is 0.0954 e. The number of hydrogen-bond donors (Lipinski definition) is 2. The summed E-state index contributed by atoms with van der Waals surface area (Å²) in [5, 5.41) is 4.29. The van der Waals surface area contributed by atoms with Crippen LogP contribution in [0.1, 0.15) is 6.42 Å². The van der Waals surface area contributed by atoms with Crippen molar-refractivity contribution >= 4 is 38.2 Å². The van der Waals surface area contributed by atoms with E-state index in [2.05, 4.69) is 32.8 Å². The Balaban J connectivity index is 2.43. The summed E-state index contributed by atoms with van der Waals surface area (Å²) in [6.45, 7) is 4.55. The molecule has 2 aromatic rings. The zero-order valence-corrected chi connectivity index (χ0v) is 11.0. The van der Waals surface area contributed by atoms with E-state index in [0.717, 1.165) is 39.7 Å². The van der Waals surface area contributed by atoms with E-state index in [-0.39, 0.29) is 0 Å². The van der Waals surface area contributed by atoms with Crippen molar-refractivity contribution in [2.75, 3.05) is 17.6 Å². The standard InChI is InChI=1S/C13H14BrN3/c1-2-3-6-16-12-5-4-11(15)10-7-9(14)8-17-13(10)12/h2,4-5,7-8,16H,1,3,6,15H2. The molecule has 0 aliphatic carbocycles. The van der Waals surface area contributed by atoms with Gasteiger partial charge in [-0.25, -0.2) is 0 Å². The summed E-state index contributed by atoms with van der Waals surface area (Å²) in [6, 6.07) is 5.84. The molecule has 0 bridgehead atoms. The summed E-state index contributed by atoms with van der Waals surface area (Å²) in [5.41, 5.74) is 8.59. The highest BCUT2D eigenvalue weighted by atomic mass is 79.9. The van der Waals surface area contributed by atoms with Crippen LogP contribution in [-0.4, -0.2) is 11.5 Å². The van der Waals surface area contributed by atoms with Gasteiger partial charge in [-0.1, -0.05) is 6.08 Å². The molecule has 4 heteroatoms. The van der Waals surface area contributed by atoms with E-state index in [4.69, 9.17) is 5.73 Å². The van der Waals surface area contributed by atoms with Crippen LogP contribution in [0.15, 0.2) is 41.5 Å². The second-order valence-electron chi connectivity index (χ2n) is 3.76. The van der Waals surface area contributed by atoms with Crippen LogP contribution in [0.5, 0.6) is 0 Å². The minimum atomic E-state index is 0.739. The van der Waals surface area contributed by atoms with Gasteiger partial charge < -0.3 is 11.1 Å². The van der Waals surface area contributed by atoms with Gasteiger partial charge >= 0.3 is 0 Å². The van der Waals surface area contributed by atoms with Crippen LogP contribution >= 0.6 is 15.9 Å². The molecule has 0 amide bonds. The zero-order chi connectivity index (χ0) is 12.3. The molecule has 0 saturated heterocycles. The highest BCUT2D eigenvalue weighted by Gasteiger charge is 2.05. The van der Waals surface area contributed by atoms with Crippen molar-refractivity contribution in [3.05, 3.63) is 41.5 Å². The molecule has 0 aliphatic heterocycles. The average Bonchev–Trinajstić information content (AvgIpc) is 2.33. The molecule has 1 aromatic carbocycles. The Morgan fingerprint density at radius 2 is 2.29 bits per heavy atom. The van der Waals surface area contributed by atoms with E-state index in [1.54, 1.807) is 6.20 Å². The first-order valence-electron chi connectivity index (χ1n) is 5.41. The summed E-state index contributed by atoms with van der Waals surface area (Å²) >= 11 is 3.40. The van der Waals surface area contributed by atoms with Gasteiger partial charge in [0.15, 0.2) is 0 Å². The number of rotatable bonds is 4. The van der Waals surface area contributed by atoms with Gasteiger partial charge in [0, 0.05) is 28.3 Å². The quantitative estimate of drug-likeness (QED) is 0.514. The molecule has 0 fully saturated rings. The topological polar surface area (TPSA) is 50.9 Å². The number of fused-ring (bicyclic) bond motifs is 1. The van der Waals surface area contributed by atoms with Gasteiger partial charge in [-0.05, 0) is 40.5 Å². The fourth-order valence-electron chi connectivity index (χ4n) is 1.67. The molecule has 0 atom stereocenters. The lowest BCUT2D eigenvalue weighted by molar-refractivity contribution is 1.07. The second kappa shape index (κ2) is 5.19. The Hall–Kier alpha value is -1.55. The van der Waals surface area contributed by atoms with Crippen LogP contribution in [0.2, 0.25) is 0 Å². The molecule has 17 heavy (non-hydrogen) atoms. The van der Waals surface area contributed by atoms with Crippen LogP contribution in [-0.2, 0) is 0 Å². The molecule has 1 aromatic heterocycles. The van der Waals surface area contributed by atoms with Crippen LogP contribution in [0.4, 0.5) is 11.4 Å². The number of aromatic nitrogens is 1. The zero-order valence-electron chi connectivity index (χ0n) is 9.41. The lowest BCUT2D eigenvalue weighted by atomic mass is 10.1. The number of benzene rings is 1. The van der Waals surface area contributed by atoms with Crippen molar-refractivity contribution in [1.29, 1.82) is 0 Å². The number of pyridine rings is 1. The Bertz CT molecular complexity index is 552. The van der Waals surface area contributed by atoms with E-state index in [9.17, 15) is 0 Å². The minimum Gasteiger partial charge on any atom is -0.398 e. The van der Waals surface area contributed by atoms with Gasteiger partial charge in [0.25, 0.3) is 0 Å². The van der Waals surface area contributed by atoms with Crippen molar-refractivity contribution in [3.63, 3.8) is 0 Å². The third-order valence-electron chi connectivity index (χ3n) is 2.51. The van der Waals surface area contributed by atoms with E-state index < -0.39 is 0 Å². The van der Waals surface area contributed by atoms with E-state index in [1.807, 2.05) is 24.3 Å². The average molecular weight is 292 g/mol. The maximum atomic E-state index is 5.94. The molecular weight excluding hydrogens is 278 g/mol. The molecule has 3 N–H and O–H groups in total. The number of nitrogen functional groups attached to an aromatic ring is 1. The summed E-state index contributed by atoms with van der Waals surface area (Å²) in [7, 11) is 0. The van der Waals surface area contributed by atoms with Crippen LogP contribution in [0.25, 0.3) is 10.9 Å². The fraction of sp³-hybridized carbons (Fsp3) is 0.154. The normalized spacial score (nSPS) is 10.4. The van der Waals surface area contributed by atoms with Gasteiger partial charge in [0.1, 0.15) is 0 Å². The van der Waals surface area contributed by atoms with E-state index in [0.29, 0.717) is 0 Å². The summed E-state index contributed by atoms with van der Waals surface area (Å²) < 4.78 is 0.931. The Kier molecular flexibility index (Phi) is 3.64. The molecule has 2 rings (SSSR count). The SMILES string of the molecule is C=CCCNc1ccc(N)c2cc(Br)cnc12. The number of nitrogens with zero attached hydrogens (tertiary/aromatic N) is 1. The first-order valence-corrected chi connectivity index (χ1v) is 6.20. The molecule has 0 radical (unpaired) electrons.